The molecule has 3 fully saturated rings. The first-order valence-corrected chi connectivity index (χ1v) is 8.01. The number of amides is 1. The molecule has 3 aliphatic rings. The highest BCUT2D eigenvalue weighted by atomic mass is 16.7. The summed E-state index contributed by atoms with van der Waals surface area (Å²) in [7, 11) is 0. The minimum absolute atomic E-state index is 0.0469. The lowest BCUT2D eigenvalue weighted by Gasteiger charge is -2.39. The maximum absolute atomic E-state index is 12.3. The summed E-state index contributed by atoms with van der Waals surface area (Å²) >= 11 is 0. The fraction of sp³-hybridized carbons (Fsp3) is 0.933. The summed E-state index contributed by atoms with van der Waals surface area (Å²) in [5.41, 5.74) is 0. The fourth-order valence-corrected chi connectivity index (χ4v) is 3.60. The van der Waals surface area contributed by atoms with Gasteiger partial charge >= 0.3 is 0 Å². The van der Waals surface area contributed by atoms with E-state index in [1.807, 2.05) is 6.92 Å². The topological polar surface area (TPSA) is 50.8 Å². The summed E-state index contributed by atoms with van der Waals surface area (Å²) < 4.78 is 11.5. The number of likely N-dealkylation sites (tertiary alicyclic amines) is 1. The van der Waals surface area contributed by atoms with Gasteiger partial charge in [-0.05, 0) is 19.8 Å². The van der Waals surface area contributed by atoms with Crippen molar-refractivity contribution in [1.82, 2.24) is 10.2 Å². The zero-order valence-corrected chi connectivity index (χ0v) is 12.4. The van der Waals surface area contributed by atoms with E-state index in [4.69, 9.17) is 9.47 Å². The van der Waals surface area contributed by atoms with Crippen LogP contribution in [0.25, 0.3) is 0 Å². The normalized spacial score (nSPS) is 28.9. The molecule has 2 aliphatic heterocycles. The maximum atomic E-state index is 12.3. The van der Waals surface area contributed by atoms with Gasteiger partial charge in [-0.2, -0.15) is 0 Å². The van der Waals surface area contributed by atoms with Gasteiger partial charge in [-0.25, -0.2) is 0 Å². The van der Waals surface area contributed by atoms with E-state index in [0.29, 0.717) is 19.3 Å². The summed E-state index contributed by atoms with van der Waals surface area (Å²) in [6.45, 7) is 5.17. The molecule has 1 spiro atoms. The van der Waals surface area contributed by atoms with E-state index < -0.39 is 0 Å². The first-order chi connectivity index (χ1) is 9.69. The van der Waals surface area contributed by atoms with Gasteiger partial charge in [-0.3, -0.25) is 9.69 Å². The molecular formula is C15H26N2O3. The third kappa shape index (κ3) is 3.00. The van der Waals surface area contributed by atoms with Gasteiger partial charge in [0.25, 0.3) is 0 Å². The number of carbonyl (C=O) groups is 1. The molecule has 3 rings (SSSR count). The van der Waals surface area contributed by atoms with Crippen molar-refractivity contribution >= 4 is 5.91 Å². The second kappa shape index (κ2) is 6.00. The van der Waals surface area contributed by atoms with Crippen LogP contribution in [0.5, 0.6) is 0 Å². The van der Waals surface area contributed by atoms with Crippen molar-refractivity contribution in [2.75, 3.05) is 26.3 Å². The molecule has 1 unspecified atom stereocenters. The predicted octanol–water partition coefficient (Wildman–Crippen LogP) is 1.27. The van der Waals surface area contributed by atoms with E-state index in [-0.39, 0.29) is 17.7 Å². The Hall–Kier alpha value is -0.650. The van der Waals surface area contributed by atoms with E-state index >= 15 is 0 Å². The number of ether oxygens (including phenoxy) is 2. The van der Waals surface area contributed by atoms with Crippen LogP contribution in [-0.2, 0) is 14.3 Å². The Morgan fingerprint density at radius 1 is 1.20 bits per heavy atom. The highest BCUT2D eigenvalue weighted by Crippen LogP contribution is 2.31. The first kappa shape index (κ1) is 14.3. The molecule has 0 bridgehead atoms. The van der Waals surface area contributed by atoms with Crippen LogP contribution in [0.1, 0.15) is 45.4 Å². The molecule has 20 heavy (non-hydrogen) atoms. The van der Waals surface area contributed by atoms with Crippen molar-refractivity contribution in [2.24, 2.45) is 0 Å². The molecule has 5 heteroatoms. The SMILES string of the molecule is CC(C(=O)NC1CCCC1)N1CCC2(CC1)OCCO2. The van der Waals surface area contributed by atoms with Crippen LogP contribution in [0.15, 0.2) is 0 Å². The molecule has 1 saturated carbocycles. The fourth-order valence-electron chi connectivity index (χ4n) is 3.60. The van der Waals surface area contributed by atoms with Gasteiger partial charge in [-0.1, -0.05) is 12.8 Å². The molecule has 1 amide bonds. The van der Waals surface area contributed by atoms with Crippen LogP contribution in [0.2, 0.25) is 0 Å². The minimum Gasteiger partial charge on any atom is -0.352 e. The Balaban J connectivity index is 1.47. The number of hydrogen-bond donors (Lipinski definition) is 1. The van der Waals surface area contributed by atoms with Gasteiger partial charge < -0.3 is 14.8 Å². The molecule has 2 heterocycles. The molecule has 1 N–H and O–H groups in total. The van der Waals surface area contributed by atoms with E-state index in [9.17, 15) is 4.79 Å². The van der Waals surface area contributed by atoms with Gasteiger partial charge in [0.05, 0.1) is 19.3 Å². The molecule has 0 radical (unpaired) electrons. The Morgan fingerprint density at radius 3 is 2.40 bits per heavy atom. The molecule has 0 aromatic rings. The lowest BCUT2D eigenvalue weighted by molar-refractivity contribution is -0.188. The summed E-state index contributed by atoms with van der Waals surface area (Å²) in [5, 5.41) is 3.19. The van der Waals surface area contributed by atoms with Crippen LogP contribution in [0, 0.1) is 0 Å². The van der Waals surface area contributed by atoms with Crippen LogP contribution in [-0.4, -0.2) is 55.0 Å². The molecule has 5 nitrogen and oxygen atoms in total. The lowest BCUT2D eigenvalue weighted by Crippen LogP contribution is -2.53. The van der Waals surface area contributed by atoms with Gasteiger partial charge in [0.1, 0.15) is 0 Å². The number of nitrogens with one attached hydrogen (secondary N) is 1. The Labute approximate surface area is 121 Å². The highest BCUT2D eigenvalue weighted by Gasteiger charge is 2.41. The molecule has 1 aliphatic carbocycles. The van der Waals surface area contributed by atoms with Gasteiger partial charge in [0, 0.05) is 32.0 Å². The number of nitrogens with zero attached hydrogens (tertiary/aromatic N) is 1. The highest BCUT2D eigenvalue weighted by molar-refractivity contribution is 5.81. The number of carbonyl (C=O) groups excluding carboxylic acids is 1. The van der Waals surface area contributed by atoms with Crippen molar-refractivity contribution in [2.45, 2.75) is 63.3 Å². The predicted molar refractivity (Wildman–Crippen MR) is 75.3 cm³/mol. The second-order valence-electron chi connectivity index (χ2n) is 6.31. The molecule has 2 saturated heterocycles. The summed E-state index contributed by atoms with van der Waals surface area (Å²) in [6.07, 6.45) is 6.52. The summed E-state index contributed by atoms with van der Waals surface area (Å²) in [6, 6.07) is 0.358. The van der Waals surface area contributed by atoms with E-state index in [1.54, 1.807) is 0 Å². The van der Waals surface area contributed by atoms with Crippen LogP contribution in [0.4, 0.5) is 0 Å². The third-order valence-corrected chi connectivity index (χ3v) is 5.00. The molecule has 0 aromatic carbocycles. The summed E-state index contributed by atoms with van der Waals surface area (Å²) in [4.78, 5) is 14.5. The summed E-state index contributed by atoms with van der Waals surface area (Å²) in [5.74, 6) is -0.167. The quantitative estimate of drug-likeness (QED) is 0.847. The molecule has 0 aromatic heterocycles. The van der Waals surface area contributed by atoms with Crippen LogP contribution in [0.3, 0.4) is 0 Å². The van der Waals surface area contributed by atoms with Crippen molar-refractivity contribution in [3.05, 3.63) is 0 Å². The smallest absolute Gasteiger partial charge is 0.237 e. The minimum atomic E-state index is -0.349. The first-order valence-electron chi connectivity index (χ1n) is 8.01. The van der Waals surface area contributed by atoms with Crippen molar-refractivity contribution < 1.29 is 14.3 Å². The van der Waals surface area contributed by atoms with Crippen molar-refractivity contribution in [3.8, 4) is 0 Å². The van der Waals surface area contributed by atoms with Gasteiger partial charge in [-0.15, -0.1) is 0 Å². The Bertz CT molecular complexity index is 339. The van der Waals surface area contributed by atoms with E-state index in [2.05, 4.69) is 10.2 Å². The van der Waals surface area contributed by atoms with Gasteiger partial charge in [0.15, 0.2) is 5.79 Å². The van der Waals surface area contributed by atoms with Crippen LogP contribution < -0.4 is 5.32 Å². The number of rotatable bonds is 3. The van der Waals surface area contributed by atoms with Crippen LogP contribution >= 0.6 is 0 Å². The standard InChI is InChI=1S/C15H26N2O3/c1-12(14(18)16-13-4-2-3-5-13)17-8-6-15(7-9-17)19-10-11-20-15/h12-13H,2-11H2,1H3,(H,16,18). The zero-order chi connectivity index (χ0) is 14.0. The average Bonchev–Trinajstić information content (AvgIpc) is 3.11. The second-order valence-corrected chi connectivity index (χ2v) is 6.31. The largest absolute Gasteiger partial charge is 0.352 e. The number of piperidine rings is 1. The van der Waals surface area contributed by atoms with E-state index in [1.165, 1.54) is 12.8 Å². The third-order valence-electron chi connectivity index (χ3n) is 5.00. The number of hydrogen-bond acceptors (Lipinski definition) is 4. The van der Waals surface area contributed by atoms with Crippen molar-refractivity contribution in [1.29, 1.82) is 0 Å². The molecule has 114 valence electrons. The average molecular weight is 282 g/mol. The Kier molecular flexibility index (Phi) is 4.29. The van der Waals surface area contributed by atoms with Gasteiger partial charge in [0.2, 0.25) is 5.91 Å². The zero-order valence-electron chi connectivity index (χ0n) is 12.4. The molecular weight excluding hydrogens is 256 g/mol. The maximum Gasteiger partial charge on any atom is 0.237 e. The van der Waals surface area contributed by atoms with E-state index in [0.717, 1.165) is 38.8 Å². The van der Waals surface area contributed by atoms with Crippen molar-refractivity contribution in [3.63, 3.8) is 0 Å². The monoisotopic (exact) mass is 282 g/mol. The Morgan fingerprint density at radius 2 is 1.80 bits per heavy atom. The molecule has 1 atom stereocenters. The lowest BCUT2D eigenvalue weighted by atomic mass is 10.0.